The number of halogens is 3. The number of aryl methyl sites for hydroxylation is 1. The predicted octanol–water partition coefficient (Wildman–Crippen LogP) is 4.55. The first kappa shape index (κ1) is 23.9. The van der Waals surface area contributed by atoms with Crippen molar-refractivity contribution >= 4 is 11.7 Å². The third-order valence-corrected chi connectivity index (χ3v) is 6.90. The molecule has 3 aromatic rings. The van der Waals surface area contributed by atoms with E-state index < -0.39 is 45.4 Å². The Labute approximate surface area is 204 Å². The number of amides is 1. The van der Waals surface area contributed by atoms with Crippen molar-refractivity contribution in [2.75, 3.05) is 0 Å². The molecule has 0 unspecified atom stereocenters. The first-order valence-electron chi connectivity index (χ1n) is 11.4. The number of hydrogen-bond donors (Lipinski definition) is 1. The highest BCUT2D eigenvalue weighted by Crippen LogP contribution is 2.57. The van der Waals surface area contributed by atoms with Crippen LogP contribution in [0.4, 0.5) is 13.2 Å². The Kier molecular flexibility index (Phi) is 5.21. The van der Waals surface area contributed by atoms with E-state index in [1.54, 1.807) is 56.3 Å². The highest BCUT2D eigenvalue weighted by Gasteiger charge is 2.73. The number of H-pyrrole nitrogens is 1. The van der Waals surface area contributed by atoms with Crippen molar-refractivity contribution in [3.05, 3.63) is 87.4 Å². The molecule has 1 aliphatic heterocycles. The Morgan fingerprint density at radius 3 is 2.33 bits per heavy atom. The molecule has 0 fully saturated rings. The molecule has 1 aliphatic carbocycles. The van der Waals surface area contributed by atoms with Gasteiger partial charge in [-0.25, -0.2) is 4.68 Å². The van der Waals surface area contributed by atoms with E-state index in [1.165, 1.54) is 13.2 Å². The van der Waals surface area contributed by atoms with E-state index in [4.69, 9.17) is 4.42 Å². The van der Waals surface area contributed by atoms with Crippen molar-refractivity contribution in [1.82, 2.24) is 14.7 Å². The van der Waals surface area contributed by atoms with Gasteiger partial charge in [0.2, 0.25) is 5.41 Å². The van der Waals surface area contributed by atoms with Crippen LogP contribution in [0, 0.1) is 12.3 Å². The number of para-hydroxylation sites is 1. The number of benzene rings is 1. The summed E-state index contributed by atoms with van der Waals surface area (Å²) in [6.45, 7) is 4.55. The normalized spacial score (nSPS) is 21.9. The van der Waals surface area contributed by atoms with Gasteiger partial charge in [0.15, 0.2) is 5.78 Å². The van der Waals surface area contributed by atoms with Crippen LogP contribution in [0.15, 0.2) is 69.2 Å². The quantitative estimate of drug-likeness (QED) is 0.571. The number of ketones is 1. The van der Waals surface area contributed by atoms with Crippen LogP contribution in [-0.2, 0) is 21.5 Å². The molecule has 188 valence electrons. The zero-order valence-electron chi connectivity index (χ0n) is 19.9. The summed E-state index contributed by atoms with van der Waals surface area (Å²) < 4.78 is 52.2. The molecule has 10 heteroatoms. The van der Waals surface area contributed by atoms with E-state index in [1.807, 2.05) is 0 Å². The largest absolute Gasteiger partial charge is 0.467 e. The minimum atomic E-state index is -5.26. The van der Waals surface area contributed by atoms with Gasteiger partial charge < -0.3 is 9.32 Å². The number of Topliss-reactive ketones (excluding diaryl/α,β-unsaturated/α-hetero) is 1. The molecule has 1 N–H and O–H groups in total. The number of carbonyl (C=O) groups excluding carboxylic acids is 2. The number of furan rings is 1. The first-order chi connectivity index (χ1) is 16.9. The van der Waals surface area contributed by atoms with Gasteiger partial charge in [-0.15, -0.1) is 0 Å². The van der Waals surface area contributed by atoms with E-state index in [-0.39, 0.29) is 36.5 Å². The highest BCUT2D eigenvalue weighted by atomic mass is 19.4. The lowest BCUT2D eigenvalue weighted by Crippen LogP contribution is -2.55. The number of aromatic amines is 1. The third kappa shape index (κ3) is 3.30. The number of nitrogens with zero attached hydrogens (tertiary/aromatic N) is 2. The van der Waals surface area contributed by atoms with Crippen molar-refractivity contribution in [2.45, 2.75) is 51.7 Å². The van der Waals surface area contributed by atoms with Crippen LogP contribution < -0.4 is 5.56 Å². The minimum absolute atomic E-state index is 0.0127. The molecule has 36 heavy (non-hydrogen) atoms. The second-order valence-corrected chi connectivity index (χ2v) is 10.1. The summed E-state index contributed by atoms with van der Waals surface area (Å²) in [4.78, 5) is 42.0. The van der Waals surface area contributed by atoms with Gasteiger partial charge in [-0.1, -0.05) is 32.0 Å². The Morgan fingerprint density at radius 2 is 1.72 bits per heavy atom. The van der Waals surface area contributed by atoms with Crippen LogP contribution in [0.2, 0.25) is 0 Å². The molecule has 7 nitrogen and oxygen atoms in total. The van der Waals surface area contributed by atoms with Crippen molar-refractivity contribution in [3.63, 3.8) is 0 Å². The SMILES string of the molecule is Cc1[nH]n(-c2ccccc2)c(=O)c1[C@]1(C(F)(F)F)C(=O)N(Cc2ccco2)C2=C1C(=O)CC(C)(C)C2. The molecule has 1 amide bonds. The second-order valence-electron chi connectivity index (χ2n) is 10.1. The van der Waals surface area contributed by atoms with E-state index in [0.717, 1.165) is 9.58 Å². The molecule has 0 saturated heterocycles. The number of rotatable bonds is 4. The van der Waals surface area contributed by atoms with E-state index >= 15 is 13.2 Å². The number of carbonyl (C=O) groups is 2. The maximum atomic E-state index is 15.3. The second kappa shape index (κ2) is 7.84. The number of alkyl halides is 3. The highest BCUT2D eigenvalue weighted by molar-refractivity contribution is 6.13. The molecular formula is C26H24F3N3O4. The van der Waals surface area contributed by atoms with Gasteiger partial charge in [-0.2, -0.15) is 13.2 Å². The van der Waals surface area contributed by atoms with Gasteiger partial charge >= 0.3 is 6.18 Å². The topological polar surface area (TPSA) is 88.3 Å². The molecule has 1 atom stereocenters. The molecule has 5 rings (SSSR count). The maximum absolute atomic E-state index is 15.3. The lowest BCUT2D eigenvalue weighted by molar-refractivity contribution is -0.189. The molecule has 0 radical (unpaired) electrons. The van der Waals surface area contributed by atoms with Crippen LogP contribution in [0.5, 0.6) is 0 Å². The Bertz CT molecular complexity index is 1450. The van der Waals surface area contributed by atoms with Gasteiger partial charge in [0.25, 0.3) is 11.5 Å². The Hall–Kier alpha value is -3.82. The smallest absolute Gasteiger partial charge is 0.411 e. The maximum Gasteiger partial charge on any atom is 0.411 e. The fourth-order valence-corrected chi connectivity index (χ4v) is 5.49. The van der Waals surface area contributed by atoms with Crippen molar-refractivity contribution < 1.29 is 27.2 Å². The zero-order chi connectivity index (χ0) is 26.0. The summed E-state index contributed by atoms with van der Waals surface area (Å²) in [6.07, 6.45) is -4.02. The number of allylic oxidation sites excluding steroid dienone is 1. The third-order valence-electron chi connectivity index (χ3n) is 6.90. The number of hydrogen-bond acceptors (Lipinski definition) is 4. The number of nitrogens with one attached hydrogen (secondary N) is 1. The summed E-state index contributed by atoms with van der Waals surface area (Å²) in [7, 11) is 0. The summed E-state index contributed by atoms with van der Waals surface area (Å²) in [5, 5.41) is 2.69. The van der Waals surface area contributed by atoms with Gasteiger partial charge in [0, 0.05) is 23.4 Å². The molecule has 3 heterocycles. The van der Waals surface area contributed by atoms with E-state index in [9.17, 15) is 14.4 Å². The van der Waals surface area contributed by atoms with Gasteiger partial charge in [0.05, 0.1) is 24.1 Å². The van der Waals surface area contributed by atoms with Gasteiger partial charge in [-0.3, -0.25) is 19.5 Å². The fraction of sp³-hybridized carbons (Fsp3) is 0.346. The summed E-state index contributed by atoms with van der Waals surface area (Å²) in [5.41, 5.74) is -6.43. The predicted molar refractivity (Wildman–Crippen MR) is 123 cm³/mol. The minimum Gasteiger partial charge on any atom is -0.467 e. The standard InChI is InChI=1S/C26H24F3N3O4/c1-15-20(22(34)32(30-15)16-8-5-4-6-9-16)25(26(27,28)29)21-18(12-24(2,3)13-19(21)33)31(23(25)35)14-17-10-7-11-36-17/h4-11,30H,12-14H2,1-3H3/t25-/m1/s1. The van der Waals surface area contributed by atoms with Crippen molar-refractivity contribution in [3.8, 4) is 5.69 Å². The van der Waals surface area contributed by atoms with Crippen molar-refractivity contribution in [1.29, 1.82) is 0 Å². The lowest BCUT2D eigenvalue weighted by Gasteiger charge is -2.35. The van der Waals surface area contributed by atoms with Gasteiger partial charge in [0.1, 0.15) is 5.76 Å². The van der Waals surface area contributed by atoms with Gasteiger partial charge in [-0.05, 0) is 43.0 Å². The molecule has 2 aromatic heterocycles. The van der Waals surface area contributed by atoms with Crippen LogP contribution in [0.3, 0.4) is 0 Å². The molecule has 0 bridgehead atoms. The molecular weight excluding hydrogens is 475 g/mol. The number of aromatic nitrogens is 2. The van der Waals surface area contributed by atoms with Crippen molar-refractivity contribution in [2.24, 2.45) is 5.41 Å². The zero-order valence-corrected chi connectivity index (χ0v) is 19.9. The molecule has 1 aromatic carbocycles. The van der Waals surface area contributed by atoms with Crippen LogP contribution >= 0.6 is 0 Å². The lowest BCUT2D eigenvalue weighted by atomic mass is 9.66. The Morgan fingerprint density at radius 1 is 1.03 bits per heavy atom. The summed E-state index contributed by atoms with van der Waals surface area (Å²) >= 11 is 0. The average Bonchev–Trinajstić information content (AvgIpc) is 3.46. The molecule has 0 spiro atoms. The Balaban J connectivity index is 1.82. The van der Waals surface area contributed by atoms with Crippen LogP contribution in [-0.4, -0.2) is 32.5 Å². The first-order valence-corrected chi connectivity index (χ1v) is 11.4. The van der Waals surface area contributed by atoms with E-state index in [2.05, 4.69) is 5.10 Å². The van der Waals surface area contributed by atoms with E-state index in [0.29, 0.717) is 5.69 Å². The molecule has 2 aliphatic rings. The average molecular weight is 499 g/mol. The summed E-state index contributed by atoms with van der Waals surface area (Å²) in [5.74, 6) is -1.90. The monoisotopic (exact) mass is 499 g/mol. The summed E-state index contributed by atoms with van der Waals surface area (Å²) in [6, 6.07) is 11.2. The van der Waals surface area contributed by atoms with Crippen LogP contribution in [0.1, 0.15) is 43.7 Å². The van der Waals surface area contributed by atoms with Crippen LogP contribution in [0.25, 0.3) is 5.69 Å². The molecule has 0 saturated carbocycles. The fourth-order valence-electron chi connectivity index (χ4n) is 5.49.